The molecule has 0 saturated carbocycles. The van der Waals surface area contributed by atoms with Gasteiger partial charge in [-0.2, -0.15) is 0 Å². The highest BCUT2D eigenvalue weighted by Crippen LogP contribution is 2.33. The highest BCUT2D eigenvalue weighted by Gasteiger charge is 2.34. The molecule has 0 fully saturated rings. The minimum absolute atomic E-state index is 0.0138. The third kappa shape index (κ3) is 8.35. The maximum absolute atomic E-state index is 14.3. The number of nitrogens with zero attached hydrogens (tertiary/aromatic N) is 2. The van der Waals surface area contributed by atoms with Crippen molar-refractivity contribution in [3.63, 3.8) is 0 Å². The van der Waals surface area contributed by atoms with Crippen LogP contribution in [-0.2, 0) is 26.2 Å². The molecule has 3 aromatic rings. The lowest BCUT2D eigenvalue weighted by Crippen LogP contribution is -2.53. The normalized spacial score (nSPS) is 12.7. The van der Waals surface area contributed by atoms with Crippen molar-refractivity contribution in [2.24, 2.45) is 0 Å². The minimum Gasteiger partial charge on any atom is -0.495 e. The summed E-state index contributed by atoms with van der Waals surface area (Å²) < 4.78 is 34.3. The van der Waals surface area contributed by atoms with E-state index in [0.29, 0.717) is 27.8 Å². The Morgan fingerprint density at radius 1 is 0.930 bits per heavy atom. The van der Waals surface area contributed by atoms with E-state index in [1.807, 2.05) is 20.8 Å². The van der Waals surface area contributed by atoms with Crippen LogP contribution < -0.4 is 14.4 Å². The summed E-state index contributed by atoms with van der Waals surface area (Å²) in [7, 11) is -2.82. The third-order valence-electron chi connectivity index (χ3n) is 7.09. The number of nitrogens with one attached hydrogen (secondary N) is 1. The number of carbonyl (C=O) groups excluding carboxylic acids is 2. The molecule has 43 heavy (non-hydrogen) atoms. The predicted octanol–water partition coefficient (Wildman–Crippen LogP) is 6.88. The maximum atomic E-state index is 14.3. The van der Waals surface area contributed by atoms with E-state index in [-0.39, 0.29) is 40.5 Å². The molecule has 0 radical (unpaired) electrons. The van der Waals surface area contributed by atoms with Crippen molar-refractivity contribution in [2.45, 2.75) is 64.1 Å². The van der Waals surface area contributed by atoms with Gasteiger partial charge in [-0.05, 0) is 69.2 Å². The van der Waals surface area contributed by atoms with Crippen LogP contribution in [0.2, 0.25) is 15.1 Å². The van der Waals surface area contributed by atoms with E-state index in [1.165, 1.54) is 42.3 Å². The van der Waals surface area contributed by atoms with E-state index < -0.39 is 28.5 Å². The zero-order valence-corrected chi connectivity index (χ0v) is 27.8. The molecule has 0 aliphatic carbocycles. The van der Waals surface area contributed by atoms with Crippen molar-refractivity contribution in [1.82, 2.24) is 10.2 Å². The average molecular weight is 669 g/mol. The Bertz CT molecular complexity index is 1530. The molecular weight excluding hydrogens is 633 g/mol. The number of sulfonamides is 1. The zero-order valence-electron chi connectivity index (χ0n) is 24.7. The van der Waals surface area contributed by atoms with E-state index in [0.717, 1.165) is 9.87 Å². The summed E-state index contributed by atoms with van der Waals surface area (Å²) in [5, 5.41) is 3.73. The smallest absolute Gasteiger partial charge is 0.264 e. The second kappa shape index (κ2) is 15.1. The first-order chi connectivity index (χ1) is 20.3. The van der Waals surface area contributed by atoms with Gasteiger partial charge in [-0.3, -0.25) is 13.9 Å². The van der Waals surface area contributed by atoms with Gasteiger partial charge in [0.05, 0.1) is 22.7 Å². The average Bonchev–Trinajstić information content (AvgIpc) is 2.97. The lowest BCUT2D eigenvalue weighted by molar-refractivity contribution is -0.140. The van der Waals surface area contributed by atoms with Crippen molar-refractivity contribution in [3.8, 4) is 5.75 Å². The lowest BCUT2D eigenvalue weighted by atomic mass is 10.1. The van der Waals surface area contributed by atoms with E-state index >= 15 is 0 Å². The van der Waals surface area contributed by atoms with Crippen LogP contribution >= 0.6 is 34.8 Å². The number of anilines is 1. The summed E-state index contributed by atoms with van der Waals surface area (Å²) >= 11 is 19.3. The number of halogens is 3. The lowest BCUT2D eigenvalue weighted by Gasteiger charge is -2.34. The van der Waals surface area contributed by atoms with E-state index in [1.54, 1.807) is 37.3 Å². The Labute approximate surface area is 268 Å². The number of methoxy groups -OCH3 is 1. The van der Waals surface area contributed by atoms with Gasteiger partial charge < -0.3 is 15.0 Å². The number of hydrogen-bond donors (Lipinski definition) is 1. The number of aryl methyl sites for hydroxylation is 1. The summed E-state index contributed by atoms with van der Waals surface area (Å²) in [6.07, 6.45) is 0.947. The highest BCUT2D eigenvalue weighted by atomic mass is 35.5. The van der Waals surface area contributed by atoms with Gasteiger partial charge in [0.2, 0.25) is 11.8 Å². The Kier molecular flexibility index (Phi) is 12.2. The van der Waals surface area contributed by atoms with Gasteiger partial charge in [0, 0.05) is 28.2 Å². The number of hydrogen-bond acceptors (Lipinski definition) is 5. The van der Waals surface area contributed by atoms with E-state index in [2.05, 4.69) is 5.32 Å². The van der Waals surface area contributed by atoms with E-state index in [9.17, 15) is 18.0 Å². The monoisotopic (exact) mass is 667 g/mol. The topological polar surface area (TPSA) is 96.0 Å². The molecule has 12 heteroatoms. The Hall–Kier alpha value is -2.98. The quantitative estimate of drug-likeness (QED) is 0.214. The fraction of sp³-hybridized carbons (Fsp3) is 0.355. The van der Waals surface area contributed by atoms with Gasteiger partial charge in [-0.1, -0.05) is 72.4 Å². The molecule has 0 aromatic heterocycles. The van der Waals surface area contributed by atoms with Crippen LogP contribution in [0, 0.1) is 6.92 Å². The molecule has 2 atom stereocenters. The van der Waals surface area contributed by atoms with Gasteiger partial charge in [0.25, 0.3) is 10.0 Å². The second-order valence-electron chi connectivity index (χ2n) is 10.1. The fourth-order valence-electron chi connectivity index (χ4n) is 4.39. The number of benzene rings is 3. The van der Waals surface area contributed by atoms with Gasteiger partial charge >= 0.3 is 0 Å². The van der Waals surface area contributed by atoms with Crippen LogP contribution in [0.1, 0.15) is 44.7 Å². The van der Waals surface area contributed by atoms with Gasteiger partial charge in [-0.15, -0.1) is 0 Å². The maximum Gasteiger partial charge on any atom is 0.264 e. The van der Waals surface area contributed by atoms with Crippen molar-refractivity contribution < 1.29 is 22.7 Å². The minimum atomic E-state index is -4.27. The van der Waals surface area contributed by atoms with Crippen molar-refractivity contribution >= 4 is 62.3 Å². The molecule has 0 heterocycles. The number of amides is 2. The number of carbonyl (C=O) groups is 2. The SMILES string of the molecule is CC[C@@H](C)NC(=O)[C@H](CC)N(Cc1c(Cl)cccc1Cl)C(=O)CN(c1ccc(OC)c(Cl)c1)S(=O)(=O)c1ccc(C)cc1. The summed E-state index contributed by atoms with van der Waals surface area (Å²) in [6.45, 7) is 6.67. The molecule has 0 unspecified atom stereocenters. The zero-order chi connectivity index (χ0) is 31.9. The summed E-state index contributed by atoms with van der Waals surface area (Å²) in [5.41, 5.74) is 1.46. The second-order valence-corrected chi connectivity index (χ2v) is 13.2. The van der Waals surface area contributed by atoms with Crippen LogP contribution in [0.15, 0.2) is 65.6 Å². The van der Waals surface area contributed by atoms with Crippen LogP contribution in [0.4, 0.5) is 5.69 Å². The first-order valence-electron chi connectivity index (χ1n) is 13.8. The highest BCUT2D eigenvalue weighted by molar-refractivity contribution is 7.92. The molecule has 0 aliphatic heterocycles. The summed E-state index contributed by atoms with van der Waals surface area (Å²) in [5.74, 6) is -0.661. The molecule has 0 saturated heterocycles. The molecule has 8 nitrogen and oxygen atoms in total. The Balaban J connectivity index is 2.14. The Morgan fingerprint density at radius 2 is 1.56 bits per heavy atom. The molecule has 2 amide bonds. The number of ether oxygens (including phenoxy) is 1. The van der Waals surface area contributed by atoms with Crippen LogP contribution in [0.5, 0.6) is 5.75 Å². The summed E-state index contributed by atoms with van der Waals surface area (Å²) in [4.78, 5) is 29.0. The Morgan fingerprint density at radius 3 is 2.09 bits per heavy atom. The van der Waals surface area contributed by atoms with Crippen molar-refractivity contribution in [3.05, 3.63) is 86.9 Å². The first kappa shape index (κ1) is 34.5. The molecule has 0 aliphatic rings. The molecular formula is C31H36Cl3N3O5S. The van der Waals surface area contributed by atoms with Gasteiger partial charge in [0.1, 0.15) is 18.3 Å². The molecule has 0 spiro atoms. The fourth-order valence-corrected chi connectivity index (χ4v) is 6.57. The molecule has 1 N–H and O–H groups in total. The molecule has 232 valence electrons. The van der Waals surface area contributed by atoms with Crippen LogP contribution in [-0.4, -0.2) is 50.9 Å². The van der Waals surface area contributed by atoms with Crippen molar-refractivity contribution in [1.29, 1.82) is 0 Å². The van der Waals surface area contributed by atoms with Crippen LogP contribution in [0.25, 0.3) is 0 Å². The van der Waals surface area contributed by atoms with Gasteiger partial charge in [-0.25, -0.2) is 8.42 Å². The first-order valence-corrected chi connectivity index (χ1v) is 16.4. The van der Waals surface area contributed by atoms with Crippen molar-refractivity contribution in [2.75, 3.05) is 18.0 Å². The molecule has 0 bridgehead atoms. The van der Waals surface area contributed by atoms with Gasteiger partial charge in [0.15, 0.2) is 0 Å². The molecule has 3 rings (SSSR count). The number of rotatable bonds is 13. The molecule has 3 aromatic carbocycles. The third-order valence-corrected chi connectivity index (χ3v) is 9.88. The summed E-state index contributed by atoms with van der Waals surface area (Å²) in [6, 6.07) is 14.6. The largest absolute Gasteiger partial charge is 0.495 e. The predicted molar refractivity (Wildman–Crippen MR) is 173 cm³/mol. The van der Waals surface area contributed by atoms with E-state index in [4.69, 9.17) is 39.5 Å². The standard InChI is InChI=1S/C31H36Cl3N3O5S/c1-6-21(4)35-31(39)28(7-2)36(18-24-25(32)9-8-10-26(24)33)30(38)19-37(22-13-16-29(42-5)27(34)17-22)43(40,41)23-14-11-20(3)12-15-23/h8-17,21,28H,6-7,18-19H2,1-5H3,(H,35,39)/t21-,28+/m1/s1. The van der Waals surface area contributed by atoms with Crippen LogP contribution in [0.3, 0.4) is 0 Å².